The lowest BCUT2D eigenvalue weighted by Gasteiger charge is -2.13. The standard InChI is InChI=1S/C26H25Cl2N3O4/c1-14-7-8-15(2)20(11-14)29-26(33)25-16(3)24-19(5-4-6-22(24)35-25)30-31-23(32)13-34-21-10-9-17(27)12-18(21)28/h7-12H,4-6,13H2,1-3H3,(H,29,33)(H,31,32)/b30-19+. The van der Waals surface area contributed by atoms with Crippen molar-refractivity contribution < 1.29 is 18.7 Å². The Hall–Kier alpha value is -3.29. The van der Waals surface area contributed by atoms with Crippen molar-refractivity contribution in [2.45, 2.75) is 40.0 Å². The number of fused-ring (bicyclic) bond motifs is 1. The molecule has 0 saturated heterocycles. The van der Waals surface area contributed by atoms with E-state index in [0.717, 1.165) is 28.8 Å². The topological polar surface area (TPSA) is 92.9 Å². The van der Waals surface area contributed by atoms with Crippen molar-refractivity contribution in [2.75, 3.05) is 11.9 Å². The second-order valence-electron chi connectivity index (χ2n) is 8.44. The molecule has 1 aromatic heterocycles. The number of nitrogens with zero attached hydrogens (tertiary/aromatic N) is 1. The maximum absolute atomic E-state index is 13.0. The molecule has 0 bridgehead atoms. The molecule has 0 unspecified atom stereocenters. The summed E-state index contributed by atoms with van der Waals surface area (Å²) in [6, 6.07) is 10.6. The van der Waals surface area contributed by atoms with Gasteiger partial charge >= 0.3 is 0 Å². The third-order valence-electron chi connectivity index (χ3n) is 5.74. The van der Waals surface area contributed by atoms with Gasteiger partial charge in [-0.05, 0) is 69.0 Å². The highest BCUT2D eigenvalue weighted by molar-refractivity contribution is 6.35. The molecule has 1 aliphatic carbocycles. The molecule has 9 heteroatoms. The summed E-state index contributed by atoms with van der Waals surface area (Å²) in [5, 5.41) is 8.04. The molecule has 0 spiro atoms. The first-order valence-corrected chi connectivity index (χ1v) is 11.9. The number of hydrogen-bond acceptors (Lipinski definition) is 5. The van der Waals surface area contributed by atoms with E-state index in [0.29, 0.717) is 45.7 Å². The van der Waals surface area contributed by atoms with Crippen molar-refractivity contribution in [3.63, 3.8) is 0 Å². The zero-order valence-corrected chi connectivity index (χ0v) is 21.1. The summed E-state index contributed by atoms with van der Waals surface area (Å²) in [6.07, 6.45) is 2.14. The second kappa shape index (κ2) is 10.5. The number of benzene rings is 2. The molecule has 4 rings (SSSR count). The van der Waals surface area contributed by atoms with E-state index in [2.05, 4.69) is 15.8 Å². The van der Waals surface area contributed by atoms with Gasteiger partial charge in [-0.1, -0.05) is 35.3 Å². The Morgan fingerprint density at radius 2 is 1.89 bits per heavy atom. The molecular weight excluding hydrogens is 489 g/mol. The summed E-state index contributed by atoms with van der Waals surface area (Å²) in [5.41, 5.74) is 7.41. The fraction of sp³-hybridized carbons (Fsp3) is 0.269. The fourth-order valence-electron chi connectivity index (χ4n) is 3.94. The smallest absolute Gasteiger partial charge is 0.291 e. The summed E-state index contributed by atoms with van der Waals surface area (Å²) in [4.78, 5) is 25.3. The van der Waals surface area contributed by atoms with Gasteiger partial charge in [0.2, 0.25) is 0 Å². The van der Waals surface area contributed by atoms with Gasteiger partial charge in [-0.25, -0.2) is 5.43 Å². The maximum Gasteiger partial charge on any atom is 0.291 e. The number of carbonyl (C=O) groups excluding carboxylic acids is 2. The van der Waals surface area contributed by atoms with E-state index < -0.39 is 5.91 Å². The maximum atomic E-state index is 13.0. The molecular formula is C26H25Cl2N3O4. The largest absolute Gasteiger partial charge is 0.482 e. The molecule has 0 fully saturated rings. The van der Waals surface area contributed by atoms with Gasteiger partial charge in [0.25, 0.3) is 11.8 Å². The molecule has 0 saturated carbocycles. The average Bonchev–Trinajstić information content (AvgIpc) is 3.16. The van der Waals surface area contributed by atoms with Gasteiger partial charge in [0.1, 0.15) is 11.5 Å². The Morgan fingerprint density at radius 1 is 1.09 bits per heavy atom. The zero-order chi connectivity index (χ0) is 25.1. The monoisotopic (exact) mass is 513 g/mol. The predicted octanol–water partition coefficient (Wildman–Crippen LogP) is 6.00. The highest BCUT2D eigenvalue weighted by Crippen LogP contribution is 2.31. The predicted molar refractivity (Wildman–Crippen MR) is 137 cm³/mol. The third-order valence-corrected chi connectivity index (χ3v) is 6.27. The van der Waals surface area contributed by atoms with Crippen LogP contribution in [0.4, 0.5) is 5.69 Å². The van der Waals surface area contributed by atoms with Gasteiger partial charge in [0.05, 0.1) is 10.7 Å². The van der Waals surface area contributed by atoms with Crippen molar-refractivity contribution in [1.29, 1.82) is 0 Å². The summed E-state index contributed by atoms with van der Waals surface area (Å²) < 4.78 is 11.4. The number of anilines is 1. The first kappa shape index (κ1) is 24.8. The van der Waals surface area contributed by atoms with Crippen LogP contribution in [0.1, 0.15) is 51.4 Å². The van der Waals surface area contributed by atoms with Crippen molar-refractivity contribution in [3.05, 3.63) is 80.2 Å². The highest BCUT2D eigenvalue weighted by Gasteiger charge is 2.28. The van der Waals surface area contributed by atoms with Crippen molar-refractivity contribution in [2.24, 2.45) is 5.10 Å². The van der Waals surface area contributed by atoms with Gasteiger partial charge in [-0.3, -0.25) is 9.59 Å². The molecule has 2 N–H and O–H groups in total. The van der Waals surface area contributed by atoms with Crippen LogP contribution in [0.15, 0.2) is 45.9 Å². The Balaban J connectivity index is 1.47. The van der Waals surface area contributed by atoms with Gasteiger partial charge in [0, 0.05) is 28.3 Å². The highest BCUT2D eigenvalue weighted by atomic mass is 35.5. The number of hydrogen-bond donors (Lipinski definition) is 2. The lowest BCUT2D eigenvalue weighted by molar-refractivity contribution is -0.123. The number of halogens is 2. The van der Waals surface area contributed by atoms with Gasteiger partial charge in [-0.15, -0.1) is 0 Å². The first-order chi connectivity index (χ1) is 16.7. The summed E-state index contributed by atoms with van der Waals surface area (Å²) in [5.74, 6) is 0.533. The number of furan rings is 1. The molecule has 2 aromatic carbocycles. The number of rotatable bonds is 6. The van der Waals surface area contributed by atoms with Crippen LogP contribution in [0.3, 0.4) is 0 Å². The Kier molecular flexibility index (Phi) is 7.48. The molecule has 35 heavy (non-hydrogen) atoms. The zero-order valence-electron chi connectivity index (χ0n) is 19.6. The number of hydrazone groups is 1. The Labute approximate surface area is 213 Å². The average molecular weight is 514 g/mol. The van der Waals surface area contributed by atoms with Crippen molar-refractivity contribution in [3.8, 4) is 5.75 Å². The molecule has 0 aliphatic heterocycles. The first-order valence-electron chi connectivity index (χ1n) is 11.2. The number of carbonyl (C=O) groups is 2. The van der Waals surface area contributed by atoms with E-state index in [1.807, 2.05) is 39.0 Å². The Bertz CT molecular complexity index is 1330. The van der Waals surface area contributed by atoms with Crippen LogP contribution in [0, 0.1) is 20.8 Å². The summed E-state index contributed by atoms with van der Waals surface area (Å²) in [7, 11) is 0. The van der Waals surface area contributed by atoms with Crippen LogP contribution < -0.4 is 15.5 Å². The molecule has 1 aliphatic rings. The number of amides is 2. The Morgan fingerprint density at radius 3 is 2.66 bits per heavy atom. The molecule has 0 radical (unpaired) electrons. The van der Waals surface area contributed by atoms with E-state index in [9.17, 15) is 9.59 Å². The van der Waals surface area contributed by atoms with E-state index in [4.69, 9.17) is 32.4 Å². The summed E-state index contributed by atoms with van der Waals surface area (Å²) in [6.45, 7) is 5.47. The van der Waals surface area contributed by atoms with Crippen molar-refractivity contribution in [1.82, 2.24) is 5.43 Å². The number of nitrogens with one attached hydrogen (secondary N) is 2. The molecule has 3 aromatic rings. The summed E-state index contributed by atoms with van der Waals surface area (Å²) >= 11 is 11.9. The molecule has 0 atom stereocenters. The van der Waals surface area contributed by atoms with Crippen LogP contribution >= 0.6 is 23.2 Å². The van der Waals surface area contributed by atoms with Gasteiger partial charge in [0.15, 0.2) is 12.4 Å². The molecule has 2 amide bonds. The number of aryl methyl sites for hydroxylation is 3. The molecule has 1 heterocycles. The normalized spacial score (nSPS) is 13.9. The van der Waals surface area contributed by atoms with Gasteiger partial charge < -0.3 is 14.5 Å². The van der Waals surface area contributed by atoms with E-state index >= 15 is 0 Å². The molecule has 182 valence electrons. The van der Waals surface area contributed by atoms with E-state index in [-0.39, 0.29) is 18.3 Å². The van der Waals surface area contributed by atoms with Gasteiger partial charge in [-0.2, -0.15) is 5.10 Å². The minimum absolute atomic E-state index is 0.248. The lowest BCUT2D eigenvalue weighted by Crippen LogP contribution is -2.27. The van der Waals surface area contributed by atoms with Crippen LogP contribution in [0.5, 0.6) is 5.75 Å². The SMILES string of the molecule is Cc1ccc(C)c(NC(=O)c2oc3c(c2C)/C(=N/NC(=O)COc2ccc(Cl)cc2Cl)CCC3)c1. The fourth-order valence-corrected chi connectivity index (χ4v) is 4.41. The van der Waals surface area contributed by atoms with Crippen molar-refractivity contribution >= 4 is 46.4 Å². The lowest BCUT2D eigenvalue weighted by atomic mass is 9.93. The second-order valence-corrected chi connectivity index (χ2v) is 9.28. The van der Waals surface area contributed by atoms with Crippen LogP contribution in [-0.4, -0.2) is 24.1 Å². The third kappa shape index (κ3) is 5.69. The van der Waals surface area contributed by atoms with Crippen LogP contribution in [0.2, 0.25) is 10.0 Å². The number of ether oxygens (including phenoxy) is 1. The molecule has 7 nitrogen and oxygen atoms in total. The quantitative estimate of drug-likeness (QED) is 0.395. The minimum Gasteiger partial charge on any atom is -0.482 e. The van der Waals surface area contributed by atoms with Crippen LogP contribution in [-0.2, 0) is 11.2 Å². The minimum atomic E-state index is -0.440. The van der Waals surface area contributed by atoms with Crippen LogP contribution in [0.25, 0.3) is 0 Å². The van der Waals surface area contributed by atoms with E-state index in [1.165, 1.54) is 6.07 Å². The van der Waals surface area contributed by atoms with E-state index in [1.54, 1.807) is 12.1 Å².